The molecule has 2 saturated heterocycles. The van der Waals surface area contributed by atoms with Gasteiger partial charge in [0.15, 0.2) is 0 Å². The Morgan fingerprint density at radius 1 is 1.26 bits per heavy atom. The van der Waals surface area contributed by atoms with E-state index in [1.807, 2.05) is 42.5 Å². The van der Waals surface area contributed by atoms with Gasteiger partial charge in [-0.2, -0.15) is 5.10 Å². The fraction of sp³-hybridized carbons (Fsp3) is 0.500. The molecule has 0 spiro atoms. The molecule has 0 saturated carbocycles. The molecule has 2 fully saturated rings. The number of amides is 2. The lowest BCUT2D eigenvalue weighted by Gasteiger charge is -2.26. The van der Waals surface area contributed by atoms with Crippen LogP contribution in [0.5, 0.6) is 5.75 Å². The number of carbonyl (C=O) groups is 1. The highest BCUT2D eigenvalue weighted by Gasteiger charge is 2.33. The number of hydrogen-bond acceptors (Lipinski definition) is 4. The lowest BCUT2D eigenvalue weighted by molar-refractivity contribution is 0.189. The third-order valence-corrected chi connectivity index (χ3v) is 5.56. The standard InChI is InChI=1S/C20H27N5O2/c1-23-13-15(12-21-23)17-7-5-10-25(17)20(26)22-16-9-11-24(14-16)18-6-3-4-8-19(18)27-2/h3-4,6,8,12-13,16-17H,5,7,9-11,14H2,1-2H3,(H,22,26). The third kappa shape index (κ3) is 3.59. The lowest BCUT2D eigenvalue weighted by Crippen LogP contribution is -2.45. The van der Waals surface area contributed by atoms with Crippen LogP contribution in [-0.2, 0) is 7.05 Å². The fourth-order valence-electron chi connectivity index (χ4n) is 4.21. The first-order valence-corrected chi connectivity index (χ1v) is 9.59. The van der Waals surface area contributed by atoms with Gasteiger partial charge in [-0.05, 0) is 31.4 Å². The summed E-state index contributed by atoms with van der Waals surface area (Å²) in [6, 6.07) is 8.36. The van der Waals surface area contributed by atoms with Gasteiger partial charge in [-0.25, -0.2) is 4.79 Å². The maximum atomic E-state index is 12.9. The van der Waals surface area contributed by atoms with Crippen molar-refractivity contribution in [1.29, 1.82) is 0 Å². The third-order valence-electron chi connectivity index (χ3n) is 5.56. The van der Waals surface area contributed by atoms with Crippen molar-refractivity contribution in [2.45, 2.75) is 31.3 Å². The van der Waals surface area contributed by atoms with E-state index in [0.717, 1.165) is 55.9 Å². The summed E-state index contributed by atoms with van der Waals surface area (Å²) < 4.78 is 7.27. The number of benzene rings is 1. The van der Waals surface area contributed by atoms with E-state index in [4.69, 9.17) is 4.74 Å². The van der Waals surface area contributed by atoms with Crippen LogP contribution in [0.25, 0.3) is 0 Å². The average molecular weight is 369 g/mol. The molecule has 7 nitrogen and oxygen atoms in total. The van der Waals surface area contributed by atoms with Gasteiger partial charge in [0, 0.05) is 44.5 Å². The second-order valence-electron chi connectivity index (χ2n) is 7.35. The lowest BCUT2D eigenvalue weighted by atomic mass is 10.1. The molecule has 144 valence electrons. The highest BCUT2D eigenvalue weighted by molar-refractivity contribution is 5.75. The number of nitrogens with zero attached hydrogens (tertiary/aromatic N) is 4. The summed E-state index contributed by atoms with van der Waals surface area (Å²) in [6.45, 7) is 2.52. The minimum Gasteiger partial charge on any atom is -0.495 e. The summed E-state index contributed by atoms with van der Waals surface area (Å²) in [5.74, 6) is 0.876. The van der Waals surface area contributed by atoms with Crippen molar-refractivity contribution >= 4 is 11.7 Å². The number of aromatic nitrogens is 2. The van der Waals surface area contributed by atoms with Crippen molar-refractivity contribution in [2.75, 3.05) is 31.6 Å². The Kier molecular flexibility index (Phi) is 4.92. The van der Waals surface area contributed by atoms with Crippen LogP contribution in [0, 0.1) is 0 Å². The van der Waals surface area contributed by atoms with Gasteiger partial charge in [-0.1, -0.05) is 12.1 Å². The molecule has 7 heteroatoms. The molecule has 3 heterocycles. The zero-order valence-corrected chi connectivity index (χ0v) is 16.0. The second-order valence-corrected chi connectivity index (χ2v) is 7.35. The van der Waals surface area contributed by atoms with Crippen LogP contribution >= 0.6 is 0 Å². The summed E-state index contributed by atoms with van der Waals surface area (Å²) in [5, 5.41) is 7.50. The smallest absolute Gasteiger partial charge is 0.318 e. The van der Waals surface area contributed by atoms with Crippen LogP contribution in [0.1, 0.15) is 30.9 Å². The van der Waals surface area contributed by atoms with Crippen LogP contribution in [0.15, 0.2) is 36.7 Å². The predicted molar refractivity (Wildman–Crippen MR) is 104 cm³/mol. The molecule has 2 aliphatic heterocycles. The summed E-state index contributed by atoms with van der Waals surface area (Å²) >= 11 is 0. The number of urea groups is 1. The van der Waals surface area contributed by atoms with Crippen LogP contribution in [0.4, 0.5) is 10.5 Å². The van der Waals surface area contributed by atoms with E-state index in [1.54, 1.807) is 11.8 Å². The number of anilines is 1. The van der Waals surface area contributed by atoms with Gasteiger partial charge in [0.05, 0.1) is 25.0 Å². The maximum Gasteiger partial charge on any atom is 0.318 e. The van der Waals surface area contributed by atoms with Crippen molar-refractivity contribution in [3.05, 3.63) is 42.2 Å². The molecular weight excluding hydrogens is 342 g/mol. The highest BCUT2D eigenvalue weighted by atomic mass is 16.5. The van der Waals surface area contributed by atoms with Crippen molar-refractivity contribution in [2.24, 2.45) is 7.05 Å². The van der Waals surface area contributed by atoms with E-state index < -0.39 is 0 Å². The summed E-state index contributed by atoms with van der Waals surface area (Å²) in [5.41, 5.74) is 2.21. The number of hydrogen-bond donors (Lipinski definition) is 1. The zero-order chi connectivity index (χ0) is 18.8. The topological polar surface area (TPSA) is 62.6 Å². The Morgan fingerprint density at radius 2 is 2.11 bits per heavy atom. The largest absolute Gasteiger partial charge is 0.495 e. The van der Waals surface area contributed by atoms with Crippen LogP contribution in [0.2, 0.25) is 0 Å². The molecule has 0 bridgehead atoms. The molecule has 1 aromatic heterocycles. The molecule has 2 amide bonds. The SMILES string of the molecule is COc1ccccc1N1CCC(NC(=O)N2CCCC2c2cnn(C)c2)C1. The van der Waals surface area contributed by atoms with E-state index in [1.165, 1.54) is 0 Å². The molecule has 2 unspecified atom stereocenters. The zero-order valence-electron chi connectivity index (χ0n) is 16.0. The molecule has 2 aromatic rings. The quantitative estimate of drug-likeness (QED) is 0.900. The first-order chi connectivity index (χ1) is 13.2. The summed E-state index contributed by atoms with van der Waals surface area (Å²) in [7, 11) is 3.61. The summed E-state index contributed by atoms with van der Waals surface area (Å²) in [6.07, 6.45) is 6.85. The minimum atomic E-state index is 0.0354. The van der Waals surface area contributed by atoms with Crippen molar-refractivity contribution in [3.63, 3.8) is 0 Å². The van der Waals surface area contributed by atoms with Gasteiger partial charge in [0.1, 0.15) is 5.75 Å². The Balaban J connectivity index is 1.39. The molecule has 4 rings (SSSR count). The van der Waals surface area contributed by atoms with Gasteiger partial charge in [0.2, 0.25) is 0 Å². The van der Waals surface area contributed by atoms with Crippen molar-refractivity contribution < 1.29 is 9.53 Å². The molecular formula is C20H27N5O2. The first kappa shape index (κ1) is 17.7. The molecule has 27 heavy (non-hydrogen) atoms. The van der Waals surface area contributed by atoms with E-state index in [9.17, 15) is 4.79 Å². The van der Waals surface area contributed by atoms with Gasteiger partial charge in [0.25, 0.3) is 0 Å². The number of ether oxygens (including phenoxy) is 1. The minimum absolute atomic E-state index is 0.0354. The second kappa shape index (κ2) is 7.50. The molecule has 2 aliphatic rings. The average Bonchev–Trinajstić information content (AvgIpc) is 3.41. The number of methoxy groups -OCH3 is 1. The number of nitrogens with one attached hydrogen (secondary N) is 1. The van der Waals surface area contributed by atoms with Crippen LogP contribution in [0.3, 0.4) is 0 Å². The fourth-order valence-corrected chi connectivity index (χ4v) is 4.21. The monoisotopic (exact) mass is 369 g/mol. The Bertz CT molecular complexity index is 805. The number of carbonyl (C=O) groups excluding carboxylic acids is 1. The number of rotatable bonds is 4. The van der Waals surface area contributed by atoms with Gasteiger partial charge < -0.3 is 19.9 Å². The van der Waals surface area contributed by atoms with E-state index >= 15 is 0 Å². The first-order valence-electron chi connectivity index (χ1n) is 9.59. The molecule has 2 atom stereocenters. The molecule has 0 aliphatic carbocycles. The number of para-hydroxylation sites is 2. The predicted octanol–water partition coefficient (Wildman–Crippen LogP) is 2.55. The van der Waals surface area contributed by atoms with E-state index in [2.05, 4.69) is 21.4 Å². The normalized spacial score (nSPS) is 22.3. The molecule has 1 N–H and O–H groups in total. The molecule has 1 aromatic carbocycles. The van der Waals surface area contributed by atoms with Gasteiger partial charge in [-0.3, -0.25) is 4.68 Å². The highest BCUT2D eigenvalue weighted by Crippen LogP contribution is 2.33. The van der Waals surface area contributed by atoms with E-state index in [0.29, 0.717) is 0 Å². The number of likely N-dealkylation sites (tertiary alicyclic amines) is 1. The van der Waals surface area contributed by atoms with Crippen molar-refractivity contribution in [3.8, 4) is 5.75 Å². The summed E-state index contributed by atoms with van der Waals surface area (Å²) in [4.78, 5) is 17.1. The Hall–Kier alpha value is -2.70. The number of aryl methyl sites for hydroxylation is 1. The van der Waals surface area contributed by atoms with Gasteiger partial charge in [-0.15, -0.1) is 0 Å². The Morgan fingerprint density at radius 3 is 2.89 bits per heavy atom. The van der Waals surface area contributed by atoms with E-state index in [-0.39, 0.29) is 18.1 Å². The van der Waals surface area contributed by atoms with Gasteiger partial charge >= 0.3 is 6.03 Å². The Labute approximate surface area is 159 Å². The maximum absolute atomic E-state index is 12.9. The van der Waals surface area contributed by atoms with Crippen molar-refractivity contribution in [1.82, 2.24) is 20.0 Å². The molecule has 0 radical (unpaired) electrons. The van der Waals surface area contributed by atoms with Crippen LogP contribution < -0.4 is 15.0 Å². The van der Waals surface area contributed by atoms with Crippen LogP contribution in [-0.4, -0.2) is 53.5 Å².